The fourth-order valence-corrected chi connectivity index (χ4v) is 2.88. The fraction of sp³-hybridized carbons (Fsp3) is 0.800. The average Bonchev–Trinajstić information content (AvgIpc) is 2.98. The van der Waals surface area contributed by atoms with E-state index in [9.17, 15) is 18.0 Å². The van der Waals surface area contributed by atoms with Crippen molar-refractivity contribution in [2.45, 2.75) is 32.2 Å². The molecule has 1 saturated carbocycles. The van der Waals surface area contributed by atoms with Gasteiger partial charge in [0.05, 0.1) is 17.4 Å². The first-order chi connectivity index (χ1) is 7.80. The fourth-order valence-electron chi connectivity index (χ4n) is 1.31. The van der Waals surface area contributed by atoms with Crippen molar-refractivity contribution < 1.29 is 23.1 Å². The van der Waals surface area contributed by atoms with E-state index in [1.165, 1.54) is 6.92 Å². The summed E-state index contributed by atoms with van der Waals surface area (Å²) in [6, 6.07) is 0.211. The van der Waals surface area contributed by atoms with Gasteiger partial charge in [-0.05, 0) is 12.8 Å². The molecule has 0 aromatic carbocycles. The molecule has 0 aliphatic heterocycles. The minimum atomic E-state index is -3.48. The Morgan fingerprint density at radius 1 is 1.41 bits per heavy atom. The second-order valence-electron chi connectivity index (χ2n) is 4.45. The van der Waals surface area contributed by atoms with Crippen molar-refractivity contribution in [2.75, 3.05) is 11.5 Å². The van der Waals surface area contributed by atoms with Gasteiger partial charge in [0, 0.05) is 12.5 Å². The Balaban J connectivity index is 2.32. The van der Waals surface area contributed by atoms with Crippen molar-refractivity contribution in [3.8, 4) is 0 Å². The molecule has 1 aliphatic carbocycles. The van der Waals surface area contributed by atoms with E-state index in [0.717, 1.165) is 12.8 Å². The van der Waals surface area contributed by atoms with E-state index in [-0.39, 0.29) is 24.1 Å². The summed E-state index contributed by atoms with van der Waals surface area (Å²) in [4.78, 5) is 21.8. The Labute approximate surface area is 100 Å². The number of aliphatic carboxylic acids is 1. The lowest BCUT2D eigenvalue weighted by Crippen LogP contribution is -2.29. The molecule has 98 valence electrons. The zero-order valence-corrected chi connectivity index (χ0v) is 10.5. The van der Waals surface area contributed by atoms with Gasteiger partial charge in [0.15, 0.2) is 9.84 Å². The minimum Gasteiger partial charge on any atom is -0.481 e. The van der Waals surface area contributed by atoms with E-state index < -0.39 is 27.5 Å². The monoisotopic (exact) mass is 263 g/mol. The summed E-state index contributed by atoms with van der Waals surface area (Å²) in [5.41, 5.74) is 0. The van der Waals surface area contributed by atoms with Gasteiger partial charge in [0.25, 0.3) is 0 Å². The first-order valence-electron chi connectivity index (χ1n) is 5.53. The van der Waals surface area contributed by atoms with Crippen LogP contribution in [0.2, 0.25) is 0 Å². The van der Waals surface area contributed by atoms with Crippen molar-refractivity contribution in [1.82, 2.24) is 5.32 Å². The highest BCUT2D eigenvalue weighted by Crippen LogP contribution is 2.18. The molecular weight excluding hydrogens is 246 g/mol. The van der Waals surface area contributed by atoms with E-state index in [1.54, 1.807) is 0 Å². The number of carboxylic acids is 1. The third-order valence-corrected chi connectivity index (χ3v) is 4.34. The molecule has 17 heavy (non-hydrogen) atoms. The quantitative estimate of drug-likeness (QED) is 0.662. The highest BCUT2D eigenvalue weighted by atomic mass is 32.2. The van der Waals surface area contributed by atoms with Crippen molar-refractivity contribution in [2.24, 2.45) is 5.92 Å². The molecule has 0 aromatic rings. The van der Waals surface area contributed by atoms with E-state index in [4.69, 9.17) is 5.11 Å². The first kappa shape index (κ1) is 14.0. The summed E-state index contributed by atoms with van der Waals surface area (Å²) >= 11 is 0. The zero-order valence-electron chi connectivity index (χ0n) is 9.68. The maximum absolute atomic E-state index is 11.5. The number of amides is 1. The standard InChI is InChI=1S/C10H17NO5S/c1-7(10(13)14)6-17(15,16)5-4-9(12)11-8-2-3-8/h7-8H,2-6H2,1H3,(H,11,12)(H,13,14). The summed E-state index contributed by atoms with van der Waals surface area (Å²) < 4.78 is 23.0. The molecule has 0 spiro atoms. The van der Waals surface area contributed by atoms with Gasteiger partial charge in [-0.3, -0.25) is 9.59 Å². The van der Waals surface area contributed by atoms with Crippen molar-refractivity contribution in [3.05, 3.63) is 0 Å². The van der Waals surface area contributed by atoms with Crippen LogP contribution in [0.15, 0.2) is 0 Å². The molecule has 0 bridgehead atoms. The van der Waals surface area contributed by atoms with Crippen LogP contribution in [-0.4, -0.2) is 42.9 Å². The summed E-state index contributed by atoms with van der Waals surface area (Å²) in [6.45, 7) is 1.34. The van der Waals surface area contributed by atoms with Crippen molar-refractivity contribution in [1.29, 1.82) is 0 Å². The van der Waals surface area contributed by atoms with Gasteiger partial charge in [-0.15, -0.1) is 0 Å². The van der Waals surface area contributed by atoms with Crippen LogP contribution in [0.25, 0.3) is 0 Å². The third-order valence-electron chi connectivity index (χ3n) is 2.51. The summed E-state index contributed by atoms with van der Waals surface area (Å²) in [5, 5.41) is 11.3. The van der Waals surface area contributed by atoms with Gasteiger partial charge in [0.2, 0.25) is 5.91 Å². The molecule has 7 heteroatoms. The Bertz CT molecular complexity index is 399. The highest BCUT2D eigenvalue weighted by molar-refractivity contribution is 7.91. The maximum Gasteiger partial charge on any atom is 0.307 e. The second-order valence-corrected chi connectivity index (χ2v) is 6.67. The second kappa shape index (κ2) is 5.48. The topological polar surface area (TPSA) is 101 Å². The number of carbonyl (C=O) groups is 2. The van der Waals surface area contributed by atoms with Crippen molar-refractivity contribution >= 4 is 21.7 Å². The zero-order chi connectivity index (χ0) is 13.1. The number of hydrogen-bond donors (Lipinski definition) is 2. The lowest BCUT2D eigenvalue weighted by atomic mass is 10.2. The normalized spacial score (nSPS) is 17.5. The van der Waals surface area contributed by atoms with E-state index in [2.05, 4.69) is 5.32 Å². The van der Waals surface area contributed by atoms with Gasteiger partial charge in [-0.2, -0.15) is 0 Å². The molecule has 0 heterocycles. The molecule has 2 N–H and O–H groups in total. The van der Waals surface area contributed by atoms with Crippen LogP contribution in [0, 0.1) is 5.92 Å². The summed E-state index contributed by atoms with van der Waals surface area (Å²) in [6.07, 6.45) is 1.81. The Morgan fingerprint density at radius 2 is 2.00 bits per heavy atom. The predicted octanol–water partition coefficient (Wildman–Crippen LogP) is -0.209. The van der Waals surface area contributed by atoms with Gasteiger partial charge < -0.3 is 10.4 Å². The number of carbonyl (C=O) groups excluding carboxylic acids is 1. The van der Waals surface area contributed by atoms with Crippen LogP contribution >= 0.6 is 0 Å². The largest absolute Gasteiger partial charge is 0.481 e. The van der Waals surface area contributed by atoms with Crippen LogP contribution < -0.4 is 5.32 Å². The number of hydrogen-bond acceptors (Lipinski definition) is 4. The smallest absolute Gasteiger partial charge is 0.307 e. The molecule has 0 saturated heterocycles. The molecule has 1 rings (SSSR count). The lowest BCUT2D eigenvalue weighted by molar-refractivity contribution is -0.140. The molecule has 0 radical (unpaired) electrons. The van der Waals surface area contributed by atoms with E-state index in [1.807, 2.05) is 0 Å². The predicted molar refractivity (Wildman–Crippen MR) is 61.2 cm³/mol. The summed E-state index contributed by atoms with van der Waals surface area (Å²) in [5.74, 6) is -3.07. The van der Waals surface area contributed by atoms with Crippen LogP contribution in [0.5, 0.6) is 0 Å². The third kappa shape index (κ3) is 5.67. The highest BCUT2D eigenvalue weighted by Gasteiger charge is 2.25. The van der Waals surface area contributed by atoms with Crippen LogP contribution in [0.1, 0.15) is 26.2 Å². The van der Waals surface area contributed by atoms with Gasteiger partial charge >= 0.3 is 5.97 Å². The molecule has 0 aromatic heterocycles. The van der Waals surface area contributed by atoms with E-state index in [0.29, 0.717) is 0 Å². The van der Waals surface area contributed by atoms with Gasteiger partial charge in [-0.25, -0.2) is 8.42 Å². The average molecular weight is 263 g/mol. The number of sulfone groups is 1. The van der Waals surface area contributed by atoms with Crippen molar-refractivity contribution in [3.63, 3.8) is 0 Å². The molecule has 6 nitrogen and oxygen atoms in total. The number of rotatable bonds is 7. The molecule has 1 aliphatic rings. The molecule has 1 fully saturated rings. The maximum atomic E-state index is 11.5. The number of carboxylic acid groups (broad SMARTS) is 1. The van der Waals surface area contributed by atoms with E-state index >= 15 is 0 Å². The van der Waals surface area contributed by atoms with Crippen LogP contribution in [0.3, 0.4) is 0 Å². The molecular formula is C10H17NO5S. The Hall–Kier alpha value is -1.11. The molecule has 1 atom stereocenters. The van der Waals surface area contributed by atoms with Crippen LogP contribution in [0.4, 0.5) is 0 Å². The molecule has 1 amide bonds. The SMILES string of the molecule is CC(CS(=O)(=O)CCC(=O)NC1CC1)C(=O)O. The van der Waals surface area contributed by atoms with Gasteiger partial charge in [-0.1, -0.05) is 6.92 Å². The minimum absolute atomic E-state index is 0.0921. The summed E-state index contributed by atoms with van der Waals surface area (Å²) in [7, 11) is -3.48. The molecule has 1 unspecified atom stereocenters. The Morgan fingerprint density at radius 3 is 2.47 bits per heavy atom. The van der Waals surface area contributed by atoms with Crippen LogP contribution in [-0.2, 0) is 19.4 Å². The van der Waals surface area contributed by atoms with Gasteiger partial charge in [0.1, 0.15) is 0 Å². The number of nitrogens with one attached hydrogen (secondary N) is 1. The lowest BCUT2D eigenvalue weighted by Gasteiger charge is -2.07. The first-order valence-corrected chi connectivity index (χ1v) is 7.35. The Kier molecular flexibility index (Phi) is 4.50.